The van der Waals surface area contributed by atoms with Crippen molar-refractivity contribution in [1.82, 2.24) is 19.6 Å². The number of phenols is 2. The van der Waals surface area contributed by atoms with Gasteiger partial charge in [0.2, 0.25) is 0 Å². The molecular weight excluding hydrogens is 1190 g/mol. The van der Waals surface area contributed by atoms with Gasteiger partial charge in [0.05, 0.1) is 28.5 Å². The van der Waals surface area contributed by atoms with Crippen molar-refractivity contribution in [2.24, 2.45) is 5.84 Å². The lowest BCUT2D eigenvalue weighted by Crippen LogP contribution is -2.13. The Morgan fingerprint density at radius 2 is 0.685 bits per heavy atom. The third-order valence-electron chi connectivity index (χ3n) is 12.9. The van der Waals surface area contributed by atoms with Crippen molar-refractivity contribution in [2.75, 3.05) is 16.9 Å². The number of nitrogens with one attached hydrogen (secondary N) is 1. The Morgan fingerprint density at radius 3 is 1.07 bits per heavy atom. The first kappa shape index (κ1) is 70.2. The van der Waals surface area contributed by atoms with Crippen molar-refractivity contribution in [2.45, 2.75) is 105 Å². The molecule has 0 saturated heterocycles. The molecule has 19 nitrogen and oxygen atoms in total. The molecule has 89 heavy (non-hydrogen) atoms. The van der Waals surface area contributed by atoms with Gasteiger partial charge < -0.3 is 39.7 Å². The molecule has 2 heterocycles. The summed E-state index contributed by atoms with van der Waals surface area (Å²) in [6.45, 7) is 22.8. The van der Waals surface area contributed by atoms with E-state index in [0.29, 0.717) is 22.7 Å². The Hall–Kier alpha value is -9.61. The maximum Gasteiger partial charge on any atom is 0.339 e. The smallest absolute Gasteiger partial charge is 0.339 e. The molecule has 0 bridgehead atoms. The van der Waals surface area contributed by atoms with Gasteiger partial charge in [-0.15, -0.1) is 0 Å². The van der Waals surface area contributed by atoms with Crippen LogP contribution < -0.4 is 35.3 Å². The molecule has 0 unspecified atom stereocenters. The van der Waals surface area contributed by atoms with E-state index in [1.165, 1.54) is 24.3 Å². The summed E-state index contributed by atoms with van der Waals surface area (Å²) >= 11 is 0. The molecular formula is C67H78N8O11S3. The summed E-state index contributed by atoms with van der Waals surface area (Å²) in [6, 6.07) is 49.7. The molecule has 0 spiro atoms. The summed E-state index contributed by atoms with van der Waals surface area (Å²) in [4.78, 5) is 0.338. The van der Waals surface area contributed by atoms with Gasteiger partial charge in [0.25, 0.3) is 0 Å². The van der Waals surface area contributed by atoms with Crippen LogP contribution in [0.15, 0.2) is 191 Å². The van der Waals surface area contributed by atoms with E-state index < -0.39 is 30.4 Å². The molecule has 8 aromatic carbocycles. The van der Waals surface area contributed by atoms with Crippen LogP contribution in [0.4, 0.5) is 17.1 Å². The molecule has 0 amide bonds. The highest BCUT2D eigenvalue weighted by Gasteiger charge is 2.22. The number of nitrogens with zero attached hydrogens (tertiary/aromatic N) is 4. The van der Waals surface area contributed by atoms with Gasteiger partial charge in [-0.05, 0) is 220 Å². The number of aryl methyl sites for hydroxylation is 12. The second-order valence-corrected chi connectivity index (χ2v) is 25.6. The molecule has 22 heteroatoms. The van der Waals surface area contributed by atoms with E-state index in [9.17, 15) is 30.4 Å². The number of nitrogen functional groups attached to an aromatic ring is 3. The quantitative estimate of drug-likeness (QED) is 0.0218. The highest BCUT2D eigenvalue weighted by atomic mass is 32.2. The number of phenolic OH excluding ortho intramolecular Hbond substituents is 2. The Bertz CT molecular complexity index is 4400. The highest BCUT2D eigenvalue weighted by Crippen LogP contribution is 2.32. The molecule has 0 atom stereocenters. The minimum atomic E-state index is -3.92. The number of benzene rings is 8. The third kappa shape index (κ3) is 19.7. The summed E-state index contributed by atoms with van der Waals surface area (Å²) in [5.41, 5.74) is 27.3. The van der Waals surface area contributed by atoms with E-state index in [1.54, 1.807) is 119 Å². The van der Waals surface area contributed by atoms with Gasteiger partial charge in [-0.2, -0.15) is 35.5 Å². The number of nitrogens with two attached hydrogens (primary N) is 3. The van der Waals surface area contributed by atoms with Crippen LogP contribution in [0.5, 0.6) is 28.7 Å². The van der Waals surface area contributed by atoms with Crippen LogP contribution in [0.3, 0.4) is 0 Å². The first-order valence-corrected chi connectivity index (χ1v) is 31.6. The molecule has 0 aliphatic heterocycles. The van der Waals surface area contributed by atoms with Gasteiger partial charge >= 0.3 is 30.4 Å². The van der Waals surface area contributed by atoms with Crippen LogP contribution in [0.2, 0.25) is 0 Å². The zero-order valence-electron chi connectivity index (χ0n) is 51.1. The molecule has 0 saturated carbocycles. The van der Waals surface area contributed by atoms with E-state index in [2.05, 4.69) is 15.6 Å². The van der Waals surface area contributed by atoms with Gasteiger partial charge in [0.1, 0.15) is 37.6 Å². The van der Waals surface area contributed by atoms with Crippen molar-refractivity contribution >= 4 is 47.4 Å². The second-order valence-electron chi connectivity index (χ2n) is 20.9. The lowest BCUT2D eigenvalue weighted by atomic mass is 10.2. The van der Waals surface area contributed by atoms with Crippen LogP contribution in [0.1, 0.15) is 74.7 Å². The Balaban J connectivity index is 0.000000208. The molecule has 470 valence electrons. The summed E-state index contributed by atoms with van der Waals surface area (Å²) in [7, 11) is -11.6. The summed E-state index contributed by atoms with van der Waals surface area (Å²) in [5.74, 6) is 6.36. The standard InChI is InChI=1S/C19H20N2O3S.C14H16N2O3S.C14H15NO3S.C12H14N2O.C7H9NO.CH4/c1-13-5-8-17(9-6-13)25(22,23)24-19-11-14(2)7-10-18(19)21-16(4)12-15(3)20-21;1-10-3-6-12(7-4-10)20(17,18)19-14-9-11(2)5-8-13(14)16-15;1-10-3-6-12(7-4-10)19(16,17)18-14-9-11(2)5-8-13(14)15;1-8-4-5-11(12(15)6-8)14-10(3)7-9(2)13-14;1-5-2-3-6(8)7(9)4-5;/h5-12H,1-4H3;3-9,16H,15H2,1-2H3;3-9H,15H2,1-2H3;4-7,15H,1-3H3;2-4,9H,8H2,1H3;1H4. The number of aromatic hydroxyl groups is 2. The Morgan fingerprint density at radius 1 is 0.371 bits per heavy atom. The normalized spacial score (nSPS) is 10.9. The number of anilines is 3. The van der Waals surface area contributed by atoms with Gasteiger partial charge in [-0.3, -0.25) is 5.84 Å². The van der Waals surface area contributed by atoms with Gasteiger partial charge in [-0.1, -0.05) is 90.8 Å². The monoisotopic (exact) mass is 1270 g/mol. The number of hydrogen-bond donors (Lipinski definition) is 6. The predicted octanol–water partition coefficient (Wildman–Crippen LogP) is 13.3. The van der Waals surface area contributed by atoms with Crippen molar-refractivity contribution in [3.8, 4) is 40.1 Å². The second kappa shape index (κ2) is 30.3. The van der Waals surface area contributed by atoms with Crippen molar-refractivity contribution < 1.29 is 48.0 Å². The highest BCUT2D eigenvalue weighted by molar-refractivity contribution is 7.87. The van der Waals surface area contributed by atoms with Crippen LogP contribution >= 0.6 is 0 Å². The van der Waals surface area contributed by atoms with Crippen LogP contribution in [-0.2, 0) is 30.4 Å². The van der Waals surface area contributed by atoms with Crippen molar-refractivity contribution in [3.63, 3.8) is 0 Å². The third-order valence-corrected chi connectivity index (χ3v) is 16.6. The topological polar surface area (TPSA) is 296 Å². The molecule has 10 aromatic rings. The maximum absolute atomic E-state index is 12.6. The van der Waals surface area contributed by atoms with Crippen LogP contribution in [-0.4, -0.2) is 55.0 Å². The van der Waals surface area contributed by atoms with Gasteiger partial charge in [-0.25, -0.2) is 9.36 Å². The van der Waals surface area contributed by atoms with Gasteiger partial charge in [0.15, 0.2) is 17.2 Å². The van der Waals surface area contributed by atoms with E-state index in [4.69, 9.17) is 35.0 Å². The van der Waals surface area contributed by atoms with Crippen LogP contribution in [0, 0.1) is 83.1 Å². The molecule has 0 aliphatic rings. The number of hydrogen-bond acceptors (Lipinski definition) is 17. The fraction of sp³-hybridized carbons (Fsp3) is 0.194. The van der Waals surface area contributed by atoms with Crippen LogP contribution in [0.25, 0.3) is 11.4 Å². The molecule has 10 rings (SSSR count). The zero-order chi connectivity index (χ0) is 64.8. The lowest BCUT2D eigenvalue weighted by Gasteiger charge is -2.13. The number of hydrazine groups is 1. The first-order chi connectivity index (χ1) is 41.3. The molecule has 9 N–H and O–H groups in total. The van der Waals surface area contributed by atoms with E-state index >= 15 is 0 Å². The fourth-order valence-electron chi connectivity index (χ4n) is 8.22. The number of rotatable bonds is 12. The fourth-order valence-corrected chi connectivity index (χ4v) is 11.0. The molecule has 0 radical (unpaired) electrons. The lowest BCUT2D eigenvalue weighted by molar-refractivity contribution is 0.469. The molecule has 0 fully saturated rings. The summed E-state index contributed by atoms with van der Waals surface area (Å²) in [5, 5.41) is 27.5. The number of aromatic nitrogens is 4. The van der Waals surface area contributed by atoms with Crippen molar-refractivity contribution in [1.29, 1.82) is 0 Å². The van der Waals surface area contributed by atoms with E-state index in [0.717, 1.165) is 73.0 Å². The first-order valence-electron chi connectivity index (χ1n) is 27.3. The molecule has 2 aromatic heterocycles. The van der Waals surface area contributed by atoms with Gasteiger partial charge in [0, 0.05) is 11.4 Å². The predicted molar refractivity (Wildman–Crippen MR) is 353 cm³/mol. The van der Waals surface area contributed by atoms with E-state index in [-0.39, 0.29) is 50.9 Å². The largest absolute Gasteiger partial charge is 0.506 e. The van der Waals surface area contributed by atoms with Crippen molar-refractivity contribution in [3.05, 3.63) is 243 Å². The minimum Gasteiger partial charge on any atom is -0.506 e. The average molecular weight is 1270 g/mol. The Kier molecular flexibility index (Phi) is 23.9. The molecule has 0 aliphatic carbocycles. The SMILES string of the molecule is C.Cc1ccc(-n2nc(C)cc2C)c(O)c1.Cc1ccc(N)c(O)c1.Cc1ccc(S(=O)(=O)Oc2cc(C)ccc2-n2nc(C)cc2C)cc1.Cc1ccc(S(=O)(=O)Oc2cc(C)ccc2N)cc1.Cc1ccc(S(=O)(=O)Oc2cc(C)ccc2NN)cc1. The summed E-state index contributed by atoms with van der Waals surface area (Å²) in [6.07, 6.45) is 0. The Labute approximate surface area is 523 Å². The average Bonchev–Trinajstić information content (AvgIpc) is 2.94. The maximum atomic E-state index is 12.6. The zero-order valence-corrected chi connectivity index (χ0v) is 53.5. The van der Waals surface area contributed by atoms with E-state index in [1.807, 2.05) is 126 Å². The summed E-state index contributed by atoms with van der Waals surface area (Å²) < 4.78 is 93.1. The minimum absolute atomic E-state index is 0.